The lowest BCUT2D eigenvalue weighted by atomic mass is 10.2. The minimum atomic E-state index is -0.252. The molecule has 0 fully saturated rings. The maximum atomic E-state index is 12.1. The number of nitrogens with one attached hydrogen (secondary N) is 1. The first kappa shape index (κ1) is 23.2. The maximum absolute atomic E-state index is 12.1. The number of aromatic nitrogens is 2. The summed E-state index contributed by atoms with van der Waals surface area (Å²) in [6.45, 7) is 4.11. The Balaban J connectivity index is 1.58. The van der Waals surface area contributed by atoms with Crippen molar-refractivity contribution in [2.75, 3.05) is 5.75 Å². The van der Waals surface area contributed by atoms with E-state index in [1.54, 1.807) is 6.21 Å². The molecular weight excluding hydrogens is 500 g/mol. The Morgan fingerprint density at radius 1 is 1.19 bits per heavy atom. The molecule has 160 valence electrons. The highest BCUT2D eigenvalue weighted by atomic mass is 79.9. The number of hydrazone groups is 1. The van der Waals surface area contributed by atoms with Gasteiger partial charge in [-0.15, -0.1) is 0 Å². The van der Waals surface area contributed by atoms with Gasteiger partial charge in [0.05, 0.1) is 12.0 Å². The molecule has 0 saturated carbocycles. The number of rotatable bonds is 8. The summed E-state index contributed by atoms with van der Waals surface area (Å²) in [7, 11) is 0. The van der Waals surface area contributed by atoms with Crippen LogP contribution in [0.5, 0.6) is 5.75 Å². The molecule has 0 spiro atoms. The van der Waals surface area contributed by atoms with Gasteiger partial charge in [0.25, 0.3) is 5.91 Å². The Morgan fingerprint density at radius 3 is 2.68 bits per heavy atom. The van der Waals surface area contributed by atoms with Crippen molar-refractivity contribution in [3.63, 3.8) is 0 Å². The largest absolute Gasteiger partial charge is 0.488 e. The van der Waals surface area contributed by atoms with E-state index in [0.717, 1.165) is 21.4 Å². The number of ether oxygens (including phenoxy) is 1. The molecule has 0 atom stereocenters. The van der Waals surface area contributed by atoms with Crippen LogP contribution in [0.15, 0.2) is 63.3 Å². The first-order valence-corrected chi connectivity index (χ1v) is 11.5. The standard InChI is InChI=1S/C22H20BrClN4O2S/c1-14-9-15(2)27-22(26-14)31-13-21(29)28-25-11-17-10-18(23)7-8-20(17)30-12-16-5-3-4-6-19(16)24/h3-11H,12-13H2,1-2H3,(H,28,29)/b25-11-. The van der Waals surface area contributed by atoms with Crippen molar-refractivity contribution in [2.45, 2.75) is 25.6 Å². The summed E-state index contributed by atoms with van der Waals surface area (Å²) in [4.78, 5) is 20.7. The first-order valence-electron chi connectivity index (χ1n) is 9.33. The van der Waals surface area contributed by atoms with Crippen LogP contribution in [0.4, 0.5) is 0 Å². The molecule has 1 heterocycles. The number of amides is 1. The van der Waals surface area contributed by atoms with E-state index in [1.165, 1.54) is 11.8 Å². The molecule has 0 bridgehead atoms. The minimum absolute atomic E-state index is 0.161. The number of hydrogen-bond donors (Lipinski definition) is 1. The Bertz CT molecular complexity index is 1090. The lowest BCUT2D eigenvalue weighted by Gasteiger charge is -2.10. The summed E-state index contributed by atoms with van der Waals surface area (Å²) in [6.07, 6.45) is 1.54. The van der Waals surface area contributed by atoms with Crippen LogP contribution in [0.1, 0.15) is 22.5 Å². The lowest BCUT2D eigenvalue weighted by molar-refractivity contribution is -0.118. The van der Waals surface area contributed by atoms with Crippen molar-refractivity contribution in [1.82, 2.24) is 15.4 Å². The van der Waals surface area contributed by atoms with Gasteiger partial charge in [0.2, 0.25) is 0 Å². The van der Waals surface area contributed by atoms with Gasteiger partial charge in [0.1, 0.15) is 12.4 Å². The molecule has 3 aromatic rings. The third kappa shape index (κ3) is 7.34. The summed E-state index contributed by atoms with van der Waals surface area (Å²) in [5, 5.41) is 5.27. The number of nitrogens with zero attached hydrogens (tertiary/aromatic N) is 3. The van der Waals surface area contributed by atoms with Gasteiger partial charge in [-0.3, -0.25) is 4.79 Å². The molecule has 3 rings (SSSR count). The number of aryl methyl sites for hydroxylation is 2. The molecule has 0 radical (unpaired) electrons. The Morgan fingerprint density at radius 2 is 1.94 bits per heavy atom. The average Bonchev–Trinajstić information content (AvgIpc) is 2.72. The normalized spacial score (nSPS) is 11.0. The number of thioether (sulfide) groups is 1. The highest BCUT2D eigenvalue weighted by Crippen LogP contribution is 2.24. The van der Waals surface area contributed by atoms with Gasteiger partial charge in [-0.1, -0.05) is 57.5 Å². The Labute approximate surface area is 198 Å². The number of halogens is 2. The van der Waals surface area contributed by atoms with Crippen molar-refractivity contribution in [1.29, 1.82) is 0 Å². The number of hydrogen-bond acceptors (Lipinski definition) is 6. The van der Waals surface area contributed by atoms with Crippen LogP contribution in [0, 0.1) is 13.8 Å². The lowest BCUT2D eigenvalue weighted by Crippen LogP contribution is -2.20. The molecule has 1 amide bonds. The fourth-order valence-corrected chi connectivity index (χ4v) is 3.93. The van der Waals surface area contributed by atoms with E-state index in [0.29, 0.717) is 28.1 Å². The SMILES string of the molecule is Cc1cc(C)nc(SCC(=O)N/N=C\c2cc(Br)ccc2OCc2ccccc2Cl)n1. The van der Waals surface area contributed by atoms with E-state index in [1.807, 2.05) is 62.4 Å². The smallest absolute Gasteiger partial charge is 0.250 e. The van der Waals surface area contributed by atoms with E-state index in [-0.39, 0.29) is 11.7 Å². The molecule has 9 heteroatoms. The second-order valence-corrected chi connectivity index (χ2v) is 8.84. The predicted molar refractivity (Wildman–Crippen MR) is 128 cm³/mol. The maximum Gasteiger partial charge on any atom is 0.250 e. The van der Waals surface area contributed by atoms with Crippen molar-refractivity contribution >= 4 is 51.4 Å². The van der Waals surface area contributed by atoms with Gasteiger partial charge in [-0.05, 0) is 44.2 Å². The summed E-state index contributed by atoms with van der Waals surface area (Å²) in [5.74, 6) is 0.533. The molecule has 0 unspecified atom stereocenters. The van der Waals surface area contributed by atoms with E-state index >= 15 is 0 Å². The first-order chi connectivity index (χ1) is 14.9. The van der Waals surface area contributed by atoms with Gasteiger partial charge in [0.15, 0.2) is 5.16 Å². The quantitative estimate of drug-likeness (QED) is 0.188. The average molecular weight is 520 g/mol. The molecule has 2 aromatic carbocycles. The van der Waals surface area contributed by atoms with Gasteiger partial charge < -0.3 is 4.74 Å². The van der Waals surface area contributed by atoms with Crippen LogP contribution < -0.4 is 10.2 Å². The minimum Gasteiger partial charge on any atom is -0.488 e. The molecule has 0 aliphatic rings. The summed E-state index contributed by atoms with van der Waals surface area (Å²) >= 11 is 10.9. The van der Waals surface area contributed by atoms with Crippen LogP contribution in [-0.2, 0) is 11.4 Å². The number of benzene rings is 2. The molecule has 0 aliphatic carbocycles. The van der Waals surface area contributed by atoms with Gasteiger partial charge in [0, 0.05) is 32.0 Å². The van der Waals surface area contributed by atoms with Crippen molar-refractivity contribution in [2.24, 2.45) is 5.10 Å². The zero-order chi connectivity index (χ0) is 22.2. The van der Waals surface area contributed by atoms with Crippen molar-refractivity contribution in [3.05, 3.63) is 80.5 Å². The summed E-state index contributed by atoms with van der Waals surface area (Å²) in [5.41, 5.74) is 5.86. The fourth-order valence-electron chi connectivity index (χ4n) is 2.62. The van der Waals surface area contributed by atoms with E-state index in [9.17, 15) is 4.79 Å². The van der Waals surface area contributed by atoms with Gasteiger partial charge >= 0.3 is 0 Å². The van der Waals surface area contributed by atoms with Gasteiger partial charge in [-0.2, -0.15) is 5.10 Å². The molecule has 0 aliphatic heterocycles. The summed E-state index contributed by atoms with van der Waals surface area (Å²) < 4.78 is 6.78. The molecule has 31 heavy (non-hydrogen) atoms. The topological polar surface area (TPSA) is 76.5 Å². The third-order valence-corrected chi connectivity index (χ3v) is 5.71. The molecule has 1 N–H and O–H groups in total. The number of carbonyl (C=O) groups excluding carboxylic acids is 1. The Hall–Kier alpha value is -2.42. The van der Waals surface area contributed by atoms with Crippen LogP contribution >= 0.6 is 39.3 Å². The molecule has 1 aromatic heterocycles. The van der Waals surface area contributed by atoms with Crippen molar-refractivity contribution < 1.29 is 9.53 Å². The highest BCUT2D eigenvalue weighted by molar-refractivity contribution is 9.10. The monoisotopic (exact) mass is 518 g/mol. The van der Waals surface area contributed by atoms with Crippen LogP contribution in [0.3, 0.4) is 0 Å². The van der Waals surface area contributed by atoms with E-state index in [2.05, 4.69) is 36.4 Å². The van der Waals surface area contributed by atoms with E-state index < -0.39 is 0 Å². The van der Waals surface area contributed by atoms with E-state index in [4.69, 9.17) is 16.3 Å². The zero-order valence-corrected chi connectivity index (χ0v) is 20.1. The molecule has 0 saturated heterocycles. The zero-order valence-electron chi connectivity index (χ0n) is 16.9. The third-order valence-electron chi connectivity index (χ3n) is 4.00. The second-order valence-electron chi connectivity index (χ2n) is 6.58. The van der Waals surface area contributed by atoms with Crippen molar-refractivity contribution in [3.8, 4) is 5.75 Å². The van der Waals surface area contributed by atoms with Crippen LogP contribution in [0.25, 0.3) is 0 Å². The molecular formula is C22H20BrClN4O2S. The van der Waals surface area contributed by atoms with Gasteiger partial charge in [-0.25, -0.2) is 15.4 Å². The van der Waals surface area contributed by atoms with Crippen LogP contribution in [0.2, 0.25) is 5.02 Å². The second kappa shape index (κ2) is 11.3. The van der Waals surface area contributed by atoms with Crippen LogP contribution in [-0.4, -0.2) is 27.8 Å². The molecule has 6 nitrogen and oxygen atoms in total. The Kier molecular flexibility index (Phi) is 8.45. The highest BCUT2D eigenvalue weighted by Gasteiger charge is 2.07. The fraction of sp³-hybridized carbons (Fsp3) is 0.182. The summed E-state index contributed by atoms with van der Waals surface area (Å²) in [6, 6.07) is 15.0. The predicted octanol–water partition coefficient (Wildman–Crippen LogP) is 5.33. The number of carbonyl (C=O) groups is 1.